The van der Waals surface area contributed by atoms with Crippen LogP contribution in [0.15, 0.2) is 54.8 Å². The van der Waals surface area contributed by atoms with Crippen LogP contribution in [0.25, 0.3) is 0 Å². The van der Waals surface area contributed by atoms with E-state index >= 15 is 0 Å². The Morgan fingerprint density at radius 3 is 2.82 bits per heavy atom. The second kappa shape index (κ2) is 7.27. The maximum Gasteiger partial charge on any atom is 0.237 e. The molecule has 22 heavy (non-hydrogen) atoms. The van der Waals surface area contributed by atoms with Crippen molar-refractivity contribution in [2.75, 3.05) is 6.54 Å². The summed E-state index contributed by atoms with van der Waals surface area (Å²) in [6.07, 6.45) is 11.0. The molecule has 0 radical (unpaired) electrons. The minimum atomic E-state index is -0.0408. The molecule has 1 fully saturated rings. The van der Waals surface area contributed by atoms with Gasteiger partial charge in [0.25, 0.3) is 0 Å². The molecule has 1 amide bonds. The number of hydrogen-bond acceptors (Lipinski definition) is 3. The molecule has 1 aromatic rings. The molecular formula is C18H23N3O. The molecule has 0 aliphatic carbocycles. The van der Waals surface area contributed by atoms with E-state index in [0.29, 0.717) is 0 Å². The highest BCUT2D eigenvalue weighted by molar-refractivity contribution is 5.82. The van der Waals surface area contributed by atoms with Gasteiger partial charge in [-0.15, -0.1) is 0 Å². The molecule has 2 aliphatic heterocycles. The average molecular weight is 297 g/mol. The zero-order valence-corrected chi connectivity index (χ0v) is 12.7. The highest BCUT2D eigenvalue weighted by atomic mass is 16.2. The standard InChI is InChI=1S/C18H23N3O/c22-18(16-10-6-12-20-16)21-17(14-7-2-1-3-8-14)13-15-9-4-5-11-19-15/h1-5,7-9,11,15-17,19-20H,6,10,12-13H2,(H,21,22)/t15?,16-,17-/m0/s1. The van der Waals surface area contributed by atoms with E-state index < -0.39 is 0 Å². The van der Waals surface area contributed by atoms with Crippen molar-refractivity contribution in [1.29, 1.82) is 0 Å². The van der Waals surface area contributed by atoms with E-state index in [-0.39, 0.29) is 24.0 Å². The molecule has 4 heteroatoms. The maximum absolute atomic E-state index is 12.4. The van der Waals surface area contributed by atoms with Crippen molar-refractivity contribution < 1.29 is 4.79 Å². The van der Waals surface area contributed by atoms with Gasteiger partial charge in [-0.1, -0.05) is 42.5 Å². The fraction of sp³-hybridized carbons (Fsp3) is 0.389. The van der Waals surface area contributed by atoms with Crippen LogP contribution in [-0.4, -0.2) is 24.5 Å². The molecule has 2 aliphatic rings. The topological polar surface area (TPSA) is 53.2 Å². The summed E-state index contributed by atoms with van der Waals surface area (Å²) in [4.78, 5) is 12.4. The zero-order chi connectivity index (χ0) is 15.2. The van der Waals surface area contributed by atoms with E-state index in [2.05, 4.69) is 34.2 Å². The van der Waals surface area contributed by atoms with Crippen LogP contribution in [0, 0.1) is 0 Å². The van der Waals surface area contributed by atoms with Crippen LogP contribution in [0.5, 0.6) is 0 Å². The minimum absolute atomic E-state index is 0.0183. The van der Waals surface area contributed by atoms with E-state index in [1.54, 1.807) is 0 Å². The van der Waals surface area contributed by atoms with Gasteiger partial charge in [0.1, 0.15) is 0 Å². The van der Waals surface area contributed by atoms with Crippen molar-refractivity contribution >= 4 is 5.91 Å². The second-order valence-corrected chi connectivity index (χ2v) is 5.87. The first-order valence-corrected chi connectivity index (χ1v) is 8.01. The Kier molecular flexibility index (Phi) is 4.91. The van der Waals surface area contributed by atoms with Crippen molar-refractivity contribution in [1.82, 2.24) is 16.0 Å². The summed E-state index contributed by atoms with van der Waals surface area (Å²) >= 11 is 0. The van der Waals surface area contributed by atoms with Crippen LogP contribution in [0.4, 0.5) is 0 Å². The van der Waals surface area contributed by atoms with Gasteiger partial charge in [-0.05, 0) is 43.6 Å². The fourth-order valence-electron chi connectivity index (χ4n) is 3.03. The summed E-state index contributed by atoms with van der Waals surface area (Å²) < 4.78 is 0. The lowest BCUT2D eigenvalue weighted by Gasteiger charge is -2.26. The molecule has 1 unspecified atom stereocenters. The Morgan fingerprint density at radius 2 is 2.14 bits per heavy atom. The molecular weight excluding hydrogens is 274 g/mol. The van der Waals surface area contributed by atoms with Gasteiger partial charge in [0.2, 0.25) is 5.91 Å². The Hall–Kier alpha value is -2.07. The molecule has 1 aromatic carbocycles. The van der Waals surface area contributed by atoms with E-state index in [1.807, 2.05) is 36.6 Å². The van der Waals surface area contributed by atoms with Crippen LogP contribution in [0.1, 0.15) is 30.9 Å². The number of hydrogen-bond donors (Lipinski definition) is 3. The summed E-state index contributed by atoms with van der Waals surface area (Å²) in [7, 11) is 0. The third-order valence-corrected chi connectivity index (χ3v) is 4.25. The SMILES string of the molecule is O=C(N[C@@H](CC1C=CC=CN1)c1ccccc1)[C@@H]1CCCN1. The number of carbonyl (C=O) groups excluding carboxylic acids is 1. The molecule has 116 valence electrons. The molecule has 3 N–H and O–H groups in total. The van der Waals surface area contributed by atoms with Gasteiger partial charge >= 0.3 is 0 Å². The summed E-state index contributed by atoms with van der Waals surface area (Å²) in [6.45, 7) is 0.936. The Labute approximate surface area is 131 Å². The number of allylic oxidation sites excluding steroid dienone is 2. The van der Waals surface area contributed by atoms with Crippen LogP contribution in [-0.2, 0) is 4.79 Å². The highest BCUT2D eigenvalue weighted by Gasteiger charge is 2.25. The van der Waals surface area contributed by atoms with Crippen molar-refractivity contribution in [2.24, 2.45) is 0 Å². The normalized spacial score (nSPS) is 24.7. The van der Waals surface area contributed by atoms with Crippen LogP contribution < -0.4 is 16.0 Å². The third kappa shape index (κ3) is 3.77. The van der Waals surface area contributed by atoms with E-state index in [0.717, 1.165) is 31.4 Å². The van der Waals surface area contributed by atoms with Crippen LogP contribution in [0.2, 0.25) is 0 Å². The van der Waals surface area contributed by atoms with Gasteiger partial charge in [-0.2, -0.15) is 0 Å². The minimum Gasteiger partial charge on any atom is -0.385 e. The van der Waals surface area contributed by atoms with Gasteiger partial charge in [0.15, 0.2) is 0 Å². The molecule has 2 heterocycles. The predicted octanol–water partition coefficient (Wildman–Crippen LogP) is 2.03. The summed E-state index contributed by atoms with van der Waals surface area (Å²) in [5.74, 6) is 0.113. The monoisotopic (exact) mass is 297 g/mol. The third-order valence-electron chi connectivity index (χ3n) is 4.25. The predicted molar refractivity (Wildman–Crippen MR) is 88.2 cm³/mol. The molecule has 1 saturated heterocycles. The molecule has 3 atom stereocenters. The van der Waals surface area contributed by atoms with Gasteiger partial charge < -0.3 is 16.0 Å². The number of rotatable bonds is 5. The first kappa shape index (κ1) is 14.9. The molecule has 0 aromatic heterocycles. The molecule has 4 nitrogen and oxygen atoms in total. The summed E-state index contributed by atoms with van der Waals surface area (Å²) in [5, 5.41) is 9.81. The van der Waals surface area contributed by atoms with Gasteiger partial charge in [-0.25, -0.2) is 0 Å². The largest absolute Gasteiger partial charge is 0.385 e. The first-order valence-electron chi connectivity index (χ1n) is 8.01. The highest BCUT2D eigenvalue weighted by Crippen LogP contribution is 2.20. The average Bonchev–Trinajstić information content (AvgIpc) is 3.11. The lowest BCUT2D eigenvalue weighted by atomic mass is 9.97. The quantitative estimate of drug-likeness (QED) is 0.779. The molecule has 0 spiro atoms. The Morgan fingerprint density at radius 1 is 1.27 bits per heavy atom. The number of benzene rings is 1. The lowest BCUT2D eigenvalue weighted by molar-refractivity contribution is -0.123. The number of dihydropyridines is 1. The molecule has 3 rings (SSSR count). The Bertz CT molecular complexity index is 547. The van der Waals surface area contributed by atoms with E-state index in [9.17, 15) is 4.79 Å². The van der Waals surface area contributed by atoms with E-state index in [1.165, 1.54) is 0 Å². The van der Waals surface area contributed by atoms with Crippen molar-refractivity contribution in [3.63, 3.8) is 0 Å². The Balaban J connectivity index is 1.69. The van der Waals surface area contributed by atoms with E-state index in [4.69, 9.17) is 0 Å². The maximum atomic E-state index is 12.4. The van der Waals surface area contributed by atoms with Gasteiger partial charge in [-0.3, -0.25) is 4.79 Å². The molecule has 0 saturated carbocycles. The number of nitrogens with one attached hydrogen (secondary N) is 3. The summed E-state index contributed by atoms with van der Waals surface area (Å²) in [5.41, 5.74) is 1.15. The smallest absolute Gasteiger partial charge is 0.237 e. The van der Waals surface area contributed by atoms with Crippen molar-refractivity contribution in [3.05, 3.63) is 60.3 Å². The number of carbonyl (C=O) groups is 1. The molecule has 0 bridgehead atoms. The first-order chi connectivity index (χ1) is 10.8. The van der Waals surface area contributed by atoms with Crippen LogP contribution in [0.3, 0.4) is 0 Å². The van der Waals surface area contributed by atoms with Gasteiger partial charge in [0, 0.05) is 6.04 Å². The number of amides is 1. The zero-order valence-electron chi connectivity index (χ0n) is 12.7. The van der Waals surface area contributed by atoms with Crippen molar-refractivity contribution in [3.8, 4) is 0 Å². The fourth-order valence-corrected chi connectivity index (χ4v) is 3.03. The summed E-state index contributed by atoms with van der Waals surface area (Å²) in [6, 6.07) is 10.4. The van der Waals surface area contributed by atoms with Crippen LogP contribution >= 0.6 is 0 Å². The van der Waals surface area contributed by atoms with Crippen molar-refractivity contribution in [2.45, 2.75) is 37.4 Å². The lowest BCUT2D eigenvalue weighted by Crippen LogP contribution is -2.43. The van der Waals surface area contributed by atoms with Gasteiger partial charge in [0.05, 0.1) is 12.1 Å². The second-order valence-electron chi connectivity index (χ2n) is 5.87.